The summed E-state index contributed by atoms with van der Waals surface area (Å²) < 4.78 is 0. The maximum absolute atomic E-state index is 2.66. The quantitative estimate of drug-likeness (QED) is 0.126. The molecule has 0 bridgehead atoms. The van der Waals surface area contributed by atoms with Crippen LogP contribution in [0.1, 0.15) is 55.5 Å². The van der Waals surface area contributed by atoms with Crippen molar-refractivity contribution >= 4 is 71.5 Å². The maximum Gasteiger partial charge on any atom is 0.0547 e. The van der Waals surface area contributed by atoms with Gasteiger partial charge >= 0.3 is 0 Å². The van der Waals surface area contributed by atoms with Crippen molar-refractivity contribution in [3.8, 4) is 33.4 Å². The van der Waals surface area contributed by atoms with Crippen molar-refractivity contribution in [2.75, 3.05) is 16.3 Å². The molecule has 0 saturated carbocycles. The lowest BCUT2D eigenvalue weighted by Gasteiger charge is -2.33. The van der Waals surface area contributed by atoms with Crippen molar-refractivity contribution in [2.24, 2.45) is 0 Å². The van der Waals surface area contributed by atoms with Gasteiger partial charge in [-0.1, -0.05) is 179 Å². The molecule has 2 heteroatoms. The number of fused-ring (bicyclic) bond motifs is 9. The molecule has 3 aliphatic rings. The lowest BCUT2D eigenvalue weighted by Crippen LogP contribution is -2.19. The van der Waals surface area contributed by atoms with Gasteiger partial charge in [0.1, 0.15) is 0 Å². The van der Waals surface area contributed by atoms with Gasteiger partial charge in [0.15, 0.2) is 0 Å². The second-order valence-electron chi connectivity index (χ2n) is 19.9. The molecule has 0 saturated heterocycles. The zero-order chi connectivity index (χ0) is 44.1. The van der Waals surface area contributed by atoms with E-state index in [4.69, 9.17) is 0 Å². The standard InChI is InChI=1S/C64H48N2/c1-63(2)53-28-10-8-22-44(53)46-32-31-43(36-55(46)63)66(57-33-30-40-18-13-25-48-47-24-12-16-39-17-14-27-50(59(39)47)61(57)60(40)48)58-38-56-51(45-23-9-11-29-54(45)64(56,3)4)37-52(58)49-26-15-19-41-34-35-65(62(41)49)42-20-6-5-7-21-42/h5-33,36-38H,34-35H2,1-4H3. The molecule has 11 aromatic carbocycles. The molecule has 0 unspecified atom stereocenters. The molecule has 0 N–H and O–H groups in total. The summed E-state index contributed by atoms with van der Waals surface area (Å²) in [6.45, 7) is 10.6. The Morgan fingerprint density at radius 1 is 0.394 bits per heavy atom. The zero-order valence-corrected chi connectivity index (χ0v) is 37.8. The van der Waals surface area contributed by atoms with E-state index in [9.17, 15) is 0 Å². The molecule has 66 heavy (non-hydrogen) atoms. The van der Waals surface area contributed by atoms with Crippen molar-refractivity contribution in [3.63, 3.8) is 0 Å². The summed E-state index contributed by atoms with van der Waals surface area (Å²) in [4.78, 5) is 5.22. The first-order valence-electron chi connectivity index (χ1n) is 23.6. The van der Waals surface area contributed by atoms with Crippen molar-refractivity contribution in [2.45, 2.75) is 44.9 Å². The Morgan fingerprint density at radius 3 is 1.73 bits per heavy atom. The van der Waals surface area contributed by atoms with Gasteiger partial charge in [0.25, 0.3) is 0 Å². The highest BCUT2D eigenvalue weighted by Gasteiger charge is 2.40. The molecular weight excluding hydrogens is 797 g/mol. The van der Waals surface area contributed by atoms with E-state index < -0.39 is 0 Å². The SMILES string of the molecule is CC1(C)c2ccccc2-c2ccc(N(c3cc4c(cc3-c3cccc5c3N(c3ccccc3)CC5)-c3ccccc3C4(C)C)c3ccc4cccc5c6cccc7cccc(c3c45)c76)cc21. The smallest absolute Gasteiger partial charge is 0.0547 e. The number of anilines is 5. The lowest BCUT2D eigenvalue weighted by atomic mass is 9.81. The summed E-state index contributed by atoms with van der Waals surface area (Å²) in [6.07, 6.45) is 0.999. The molecule has 0 amide bonds. The monoisotopic (exact) mass is 844 g/mol. The second-order valence-corrected chi connectivity index (χ2v) is 19.9. The van der Waals surface area contributed by atoms with E-state index in [1.807, 2.05) is 0 Å². The van der Waals surface area contributed by atoms with Gasteiger partial charge in [-0.25, -0.2) is 0 Å². The number of nitrogens with zero attached hydrogens (tertiary/aromatic N) is 2. The highest BCUT2D eigenvalue weighted by atomic mass is 15.2. The summed E-state index contributed by atoms with van der Waals surface area (Å²) in [7, 11) is 0. The van der Waals surface area contributed by atoms with Gasteiger partial charge in [0.05, 0.1) is 17.1 Å². The van der Waals surface area contributed by atoms with E-state index in [0.29, 0.717) is 0 Å². The van der Waals surface area contributed by atoms with Crippen LogP contribution >= 0.6 is 0 Å². The minimum atomic E-state index is -0.212. The van der Waals surface area contributed by atoms with Gasteiger partial charge in [-0.05, 0) is 137 Å². The van der Waals surface area contributed by atoms with E-state index in [2.05, 4.69) is 232 Å². The van der Waals surface area contributed by atoms with Crippen LogP contribution < -0.4 is 9.80 Å². The molecule has 11 aromatic rings. The third-order valence-corrected chi connectivity index (χ3v) is 15.8. The second kappa shape index (κ2) is 13.4. The highest BCUT2D eigenvalue weighted by molar-refractivity contribution is 6.35. The predicted molar refractivity (Wildman–Crippen MR) is 280 cm³/mol. The van der Waals surface area contributed by atoms with Gasteiger partial charge in [0, 0.05) is 45.3 Å². The minimum Gasteiger partial charge on any atom is -0.340 e. The third kappa shape index (κ3) is 5.02. The van der Waals surface area contributed by atoms with Crippen LogP contribution in [0.3, 0.4) is 0 Å². The van der Waals surface area contributed by atoms with Crippen LogP contribution in [-0.2, 0) is 17.3 Å². The van der Waals surface area contributed by atoms with E-state index in [1.54, 1.807) is 0 Å². The molecular formula is C64H48N2. The first kappa shape index (κ1) is 37.7. The normalized spacial score (nSPS) is 15.1. The summed E-state index contributed by atoms with van der Waals surface area (Å²) in [6, 6.07) is 74.0. The van der Waals surface area contributed by atoms with Gasteiger partial charge in [-0.15, -0.1) is 0 Å². The Hall–Kier alpha value is -7.68. The molecule has 314 valence electrons. The van der Waals surface area contributed by atoms with Gasteiger partial charge in [0.2, 0.25) is 0 Å². The van der Waals surface area contributed by atoms with Gasteiger partial charge in [-0.2, -0.15) is 0 Å². The van der Waals surface area contributed by atoms with Crippen molar-refractivity contribution in [1.82, 2.24) is 0 Å². The fourth-order valence-corrected chi connectivity index (χ4v) is 12.7. The Labute approximate surface area is 386 Å². The van der Waals surface area contributed by atoms with E-state index in [-0.39, 0.29) is 10.8 Å². The fourth-order valence-electron chi connectivity index (χ4n) is 12.7. The molecule has 1 heterocycles. The third-order valence-electron chi connectivity index (χ3n) is 15.8. The van der Waals surface area contributed by atoms with Crippen LogP contribution in [0.2, 0.25) is 0 Å². The maximum atomic E-state index is 2.66. The van der Waals surface area contributed by atoms with E-state index in [0.717, 1.165) is 18.7 Å². The van der Waals surface area contributed by atoms with Crippen molar-refractivity contribution in [3.05, 3.63) is 222 Å². The number of hydrogen-bond donors (Lipinski definition) is 0. The van der Waals surface area contributed by atoms with Crippen LogP contribution in [0, 0.1) is 0 Å². The Kier molecular flexibility index (Phi) is 7.67. The number of rotatable bonds is 5. The van der Waals surface area contributed by atoms with Crippen LogP contribution in [0.4, 0.5) is 28.4 Å². The number of benzene rings is 11. The Morgan fingerprint density at radius 2 is 0.985 bits per heavy atom. The number of hydrogen-bond acceptors (Lipinski definition) is 2. The van der Waals surface area contributed by atoms with E-state index >= 15 is 0 Å². The van der Waals surface area contributed by atoms with Crippen molar-refractivity contribution in [1.29, 1.82) is 0 Å². The Bertz CT molecular complexity index is 3830. The molecule has 14 rings (SSSR count). The van der Waals surface area contributed by atoms with E-state index in [1.165, 1.54) is 127 Å². The van der Waals surface area contributed by atoms with Gasteiger partial charge < -0.3 is 9.80 Å². The van der Waals surface area contributed by atoms with Crippen LogP contribution in [0.15, 0.2) is 194 Å². The summed E-state index contributed by atoms with van der Waals surface area (Å²) >= 11 is 0. The van der Waals surface area contributed by atoms with Crippen molar-refractivity contribution < 1.29 is 0 Å². The Balaban J connectivity index is 1.14. The topological polar surface area (TPSA) is 6.48 Å². The summed E-state index contributed by atoms with van der Waals surface area (Å²) in [5.41, 5.74) is 20.4. The van der Waals surface area contributed by atoms with Crippen LogP contribution in [0.25, 0.3) is 76.5 Å². The average molecular weight is 845 g/mol. The largest absolute Gasteiger partial charge is 0.340 e. The molecule has 2 aliphatic carbocycles. The molecule has 1 aliphatic heterocycles. The lowest BCUT2D eigenvalue weighted by molar-refractivity contribution is 0.660. The van der Waals surface area contributed by atoms with Gasteiger partial charge in [-0.3, -0.25) is 0 Å². The molecule has 0 aromatic heterocycles. The first-order valence-corrected chi connectivity index (χ1v) is 23.6. The average Bonchev–Trinajstić information content (AvgIpc) is 3.97. The molecule has 0 fully saturated rings. The minimum absolute atomic E-state index is 0.177. The molecule has 0 radical (unpaired) electrons. The fraction of sp³-hybridized carbons (Fsp3) is 0.125. The first-order chi connectivity index (χ1) is 32.3. The molecule has 0 atom stereocenters. The number of para-hydroxylation sites is 2. The van der Waals surface area contributed by atoms with Crippen LogP contribution in [0.5, 0.6) is 0 Å². The molecule has 2 nitrogen and oxygen atoms in total. The summed E-state index contributed by atoms with van der Waals surface area (Å²) in [5.74, 6) is 0. The zero-order valence-electron chi connectivity index (χ0n) is 37.8. The highest BCUT2D eigenvalue weighted by Crippen LogP contribution is 2.58. The molecule has 0 spiro atoms. The predicted octanol–water partition coefficient (Wildman–Crippen LogP) is 17.2. The summed E-state index contributed by atoms with van der Waals surface area (Å²) in [5, 5.41) is 10.3. The van der Waals surface area contributed by atoms with Crippen LogP contribution in [-0.4, -0.2) is 6.54 Å².